The van der Waals surface area contributed by atoms with E-state index in [9.17, 15) is 19.5 Å². The van der Waals surface area contributed by atoms with Crippen LogP contribution in [0.25, 0.3) is 0 Å². The van der Waals surface area contributed by atoms with Gasteiger partial charge in [-0.2, -0.15) is 0 Å². The van der Waals surface area contributed by atoms with E-state index >= 15 is 0 Å². The minimum atomic E-state index is -1.01. The van der Waals surface area contributed by atoms with Crippen LogP contribution in [0.4, 0.5) is 4.79 Å². The Labute approximate surface area is 128 Å². The van der Waals surface area contributed by atoms with E-state index in [1.807, 2.05) is 6.92 Å². The molecule has 21 heavy (non-hydrogen) atoms. The average molecular weight is 317 g/mol. The summed E-state index contributed by atoms with van der Waals surface area (Å²) in [6.45, 7) is 5.33. The molecule has 2 unspecified atom stereocenters. The van der Waals surface area contributed by atoms with Crippen molar-refractivity contribution in [2.75, 3.05) is 12.3 Å². The third-order valence-electron chi connectivity index (χ3n) is 3.50. The molecule has 4 N–H and O–H groups in total. The van der Waals surface area contributed by atoms with Gasteiger partial charge < -0.3 is 16.2 Å². The molecule has 1 rings (SSSR count). The summed E-state index contributed by atoms with van der Waals surface area (Å²) in [6, 6.07) is -1.29. The molecule has 1 fully saturated rings. The van der Waals surface area contributed by atoms with Crippen LogP contribution in [0.3, 0.4) is 0 Å². The number of thioether (sulfide) groups is 1. The second kappa shape index (κ2) is 7.02. The molecule has 0 radical (unpaired) electrons. The SMILES string of the molecule is CCCC1SCC(C(=O)O)N1C(=O)NCC(C)(C)C(N)=O. The molecule has 1 saturated heterocycles. The zero-order valence-electron chi connectivity index (χ0n) is 12.6. The Bertz CT molecular complexity index is 428. The molecule has 0 aliphatic carbocycles. The Morgan fingerprint density at radius 2 is 2.05 bits per heavy atom. The molecule has 7 nitrogen and oxygen atoms in total. The van der Waals surface area contributed by atoms with Crippen LogP contribution in [-0.4, -0.2) is 51.6 Å². The molecule has 1 aliphatic rings. The summed E-state index contributed by atoms with van der Waals surface area (Å²) in [7, 11) is 0. The van der Waals surface area contributed by atoms with E-state index in [1.165, 1.54) is 16.7 Å². The molecule has 0 aromatic carbocycles. The van der Waals surface area contributed by atoms with Crippen molar-refractivity contribution in [3.63, 3.8) is 0 Å². The van der Waals surface area contributed by atoms with E-state index in [0.29, 0.717) is 5.75 Å². The number of carboxylic acid groups (broad SMARTS) is 1. The number of nitrogens with one attached hydrogen (secondary N) is 1. The number of carboxylic acids is 1. The Hall–Kier alpha value is -1.44. The molecule has 120 valence electrons. The highest BCUT2D eigenvalue weighted by Crippen LogP contribution is 2.32. The number of amides is 3. The van der Waals surface area contributed by atoms with Crippen LogP contribution >= 0.6 is 11.8 Å². The maximum atomic E-state index is 12.3. The van der Waals surface area contributed by atoms with Crippen molar-refractivity contribution in [1.29, 1.82) is 0 Å². The number of aliphatic carboxylic acids is 1. The predicted octanol–water partition coefficient (Wildman–Crippen LogP) is 0.836. The molecule has 0 bridgehead atoms. The van der Waals surface area contributed by atoms with E-state index in [-0.39, 0.29) is 11.9 Å². The lowest BCUT2D eigenvalue weighted by atomic mass is 9.93. The van der Waals surface area contributed by atoms with Crippen LogP contribution in [0, 0.1) is 5.41 Å². The fourth-order valence-corrected chi connectivity index (χ4v) is 3.48. The highest BCUT2D eigenvalue weighted by molar-refractivity contribution is 8.00. The molecule has 0 saturated carbocycles. The normalized spacial score (nSPS) is 22.1. The first-order valence-corrected chi connectivity index (χ1v) is 7.96. The van der Waals surface area contributed by atoms with Crippen molar-refractivity contribution in [2.24, 2.45) is 11.1 Å². The number of nitrogens with two attached hydrogens (primary N) is 1. The van der Waals surface area contributed by atoms with E-state index in [4.69, 9.17) is 5.73 Å². The first kappa shape index (κ1) is 17.6. The van der Waals surface area contributed by atoms with Crippen LogP contribution in [0.5, 0.6) is 0 Å². The van der Waals surface area contributed by atoms with Gasteiger partial charge in [-0.3, -0.25) is 9.69 Å². The molecule has 0 aromatic rings. The van der Waals surface area contributed by atoms with Crippen molar-refractivity contribution in [2.45, 2.75) is 45.0 Å². The quantitative estimate of drug-likeness (QED) is 0.672. The van der Waals surface area contributed by atoms with E-state index in [1.54, 1.807) is 13.8 Å². The summed E-state index contributed by atoms with van der Waals surface area (Å²) >= 11 is 1.47. The number of nitrogens with zero attached hydrogens (tertiary/aromatic N) is 1. The summed E-state index contributed by atoms with van der Waals surface area (Å²) in [5, 5.41) is 11.7. The van der Waals surface area contributed by atoms with Gasteiger partial charge in [0.05, 0.1) is 10.8 Å². The number of primary amides is 1. The maximum Gasteiger partial charge on any atom is 0.327 e. The van der Waals surface area contributed by atoms with E-state index < -0.39 is 29.4 Å². The van der Waals surface area contributed by atoms with E-state index in [2.05, 4.69) is 5.32 Å². The van der Waals surface area contributed by atoms with Gasteiger partial charge in [-0.05, 0) is 20.3 Å². The number of rotatable bonds is 6. The fourth-order valence-electron chi connectivity index (χ4n) is 1.97. The van der Waals surface area contributed by atoms with Gasteiger partial charge in [-0.15, -0.1) is 11.8 Å². The molecule has 0 aromatic heterocycles. The van der Waals surface area contributed by atoms with Crippen LogP contribution in [0.15, 0.2) is 0 Å². The number of carbonyl (C=O) groups excluding carboxylic acids is 2. The first-order chi connectivity index (χ1) is 9.70. The molecule has 1 heterocycles. The maximum absolute atomic E-state index is 12.3. The van der Waals surface area contributed by atoms with Gasteiger partial charge in [0.15, 0.2) is 0 Å². The monoisotopic (exact) mass is 317 g/mol. The lowest BCUT2D eigenvalue weighted by Gasteiger charge is -2.29. The molecule has 1 aliphatic heterocycles. The summed E-state index contributed by atoms with van der Waals surface area (Å²) in [6.07, 6.45) is 1.60. The lowest BCUT2D eigenvalue weighted by molar-refractivity contribution is -0.141. The summed E-state index contributed by atoms with van der Waals surface area (Å²) < 4.78 is 0. The Balaban J connectivity index is 2.75. The van der Waals surface area contributed by atoms with Gasteiger partial charge in [0.25, 0.3) is 0 Å². The molecule has 3 amide bonds. The van der Waals surface area contributed by atoms with Crippen molar-refractivity contribution >= 4 is 29.7 Å². The molecule has 0 spiro atoms. The first-order valence-electron chi connectivity index (χ1n) is 6.91. The van der Waals surface area contributed by atoms with Gasteiger partial charge in [0, 0.05) is 12.3 Å². The fraction of sp³-hybridized carbons (Fsp3) is 0.769. The second-order valence-electron chi connectivity index (χ2n) is 5.74. The third-order valence-corrected chi connectivity index (χ3v) is 4.85. The zero-order chi connectivity index (χ0) is 16.2. The predicted molar refractivity (Wildman–Crippen MR) is 80.8 cm³/mol. The topological polar surface area (TPSA) is 113 Å². The number of hydrogen-bond acceptors (Lipinski definition) is 4. The number of carbonyl (C=O) groups is 3. The van der Waals surface area contributed by atoms with Gasteiger partial charge in [0.2, 0.25) is 5.91 Å². The molecule has 2 atom stereocenters. The van der Waals surface area contributed by atoms with Crippen molar-refractivity contribution < 1.29 is 19.5 Å². The summed E-state index contributed by atoms with van der Waals surface area (Å²) in [5.41, 5.74) is 4.38. The van der Waals surface area contributed by atoms with Crippen molar-refractivity contribution in [3.05, 3.63) is 0 Å². The third kappa shape index (κ3) is 4.26. The van der Waals surface area contributed by atoms with E-state index in [0.717, 1.165) is 12.8 Å². The second-order valence-corrected chi connectivity index (χ2v) is 6.96. The number of hydrogen-bond donors (Lipinski definition) is 3. The largest absolute Gasteiger partial charge is 0.480 e. The van der Waals surface area contributed by atoms with Gasteiger partial charge in [0.1, 0.15) is 6.04 Å². The van der Waals surface area contributed by atoms with Gasteiger partial charge in [-0.25, -0.2) is 9.59 Å². The number of urea groups is 1. The standard InChI is InChI=1S/C13H23N3O4S/c1-4-5-9-16(8(6-21-9)10(17)18)12(20)15-7-13(2,3)11(14)19/h8-9H,4-7H2,1-3H3,(H2,14,19)(H,15,20)(H,17,18). The minimum absolute atomic E-state index is 0.0769. The Morgan fingerprint density at radius 3 is 2.52 bits per heavy atom. The smallest absolute Gasteiger partial charge is 0.327 e. The zero-order valence-corrected chi connectivity index (χ0v) is 13.4. The lowest BCUT2D eigenvalue weighted by Crippen LogP contribution is -2.52. The van der Waals surface area contributed by atoms with Crippen molar-refractivity contribution in [1.82, 2.24) is 10.2 Å². The van der Waals surface area contributed by atoms with Crippen LogP contribution in [0.2, 0.25) is 0 Å². The molecular weight excluding hydrogens is 294 g/mol. The highest BCUT2D eigenvalue weighted by Gasteiger charge is 2.41. The van der Waals surface area contributed by atoms with Crippen LogP contribution in [-0.2, 0) is 9.59 Å². The Morgan fingerprint density at radius 1 is 1.43 bits per heavy atom. The summed E-state index contributed by atoms with van der Waals surface area (Å²) in [5.74, 6) is -1.14. The Kier molecular flexibility index (Phi) is 5.88. The van der Waals surface area contributed by atoms with Gasteiger partial charge in [-0.1, -0.05) is 13.3 Å². The average Bonchev–Trinajstić information content (AvgIpc) is 2.80. The summed E-state index contributed by atoms with van der Waals surface area (Å²) in [4.78, 5) is 36.2. The van der Waals surface area contributed by atoms with Crippen molar-refractivity contribution in [3.8, 4) is 0 Å². The minimum Gasteiger partial charge on any atom is -0.480 e. The van der Waals surface area contributed by atoms with Crippen LogP contribution in [0.1, 0.15) is 33.6 Å². The molecular formula is C13H23N3O4S. The highest BCUT2D eigenvalue weighted by atomic mass is 32.2. The van der Waals surface area contributed by atoms with Gasteiger partial charge >= 0.3 is 12.0 Å². The van der Waals surface area contributed by atoms with Crippen LogP contribution < -0.4 is 11.1 Å². The molecule has 8 heteroatoms.